The summed E-state index contributed by atoms with van der Waals surface area (Å²) < 4.78 is 64.4. The van der Waals surface area contributed by atoms with E-state index in [0.717, 1.165) is 29.7 Å². The van der Waals surface area contributed by atoms with Gasteiger partial charge in [0, 0.05) is 30.2 Å². The van der Waals surface area contributed by atoms with E-state index in [2.05, 4.69) is 0 Å². The number of rotatable bonds is 5. The van der Waals surface area contributed by atoms with Gasteiger partial charge in [0.25, 0.3) is 11.8 Å². The Labute approximate surface area is 203 Å². The minimum Gasteiger partial charge on any atom is -0.373 e. The van der Waals surface area contributed by atoms with Gasteiger partial charge < -0.3 is 15.3 Å². The summed E-state index contributed by atoms with van der Waals surface area (Å²) in [6.07, 6.45) is -5.23. The largest absolute Gasteiger partial charge is 0.426 e. The van der Waals surface area contributed by atoms with Crippen LogP contribution in [-0.2, 0) is 14.6 Å². The van der Waals surface area contributed by atoms with E-state index < -0.39 is 27.5 Å². The zero-order chi connectivity index (χ0) is 25.3. The van der Waals surface area contributed by atoms with Gasteiger partial charge in [-0.3, -0.25) is 9.59 Å². The number of hydrogen-bond donors (Lipinski definition) is 2. The standard InChI is InChI=1S/C21H20ClF3N2O5S2/c1-20(30,21(23,24)25)19(29)26-17-7-6-15(12-16(17)22)34(31,32)14-4-2-13(3-5-14)18(28)27-8-10-33-11-9-27/h2-7,12,30H,8-11H2,1H3,(H,26,29). The molecule has 1 aliphatic heterocycles. The first-order chi connectivity index (χ1) is 15.7. The van der Waals surface area contributed by atoms with Gasteiger partial charge in [0.15, 0.2) is 0 Å². The number of benzene rings is 2. The Morgan fingerprint density at radius 3 is 2.15 bits per heavy atom. The summed E-state index contributed by atoms with van der Waals surface area (Å²) in [7, 11) is -4.08. The summed E-state index contributed by atoms with van der Waals surface area (Å²) in [6, 6.07) is 8.43. The summed E-state index contributed by atoms with van der Waals surface area (Å²) in [5.41, 5.74) is -3.64. The number of nitrogens with one attached hydrogen (secondary N) is 1. The number of hydrogen-bond acceptors (Lipinski definition) is 6. The molecule has 1 atom stereocenters. The molecule has 2 amide bonds. The second kappa shape index (κ2) is 9.76. The van der Waals surface area contributed by atoms with E-state index in [1.165, 1.54) is 24.3 Å². The molecule has 1 heterocycles. The van der Waals surface area contributed by atoms with Crippen LogP contribution in [0.1, 0.15) is 17.3 Å². The minimum absolute atomic E-state index is 0.119. The van der Waals surface area contributed by atoms with Crippen molar-refractivity contribution in [3.05, 3.63) is 53.1 Å². The molecular weight excluding hydrogens is 517 g/mol. The number of halogens is 4. The number of amides is 2. The van der Waals surface area contributed by atoms with Crippen molar-refractivity contribution < 1.29 is 36.3 Å². The molecule has 1 unspecified atom stereocenters. The lowest BCUT2D eigenvalue weighted by Crippen LogP contribution is -2.52. The summed E-state index contributed by atoms with van der Waals surface area (Å²) in [4.78, 5) is 25.7. The minimum atomic E-state index is -5.23. The number of carbonyl (C=O) groups is 2. The Bertz CT molecular complexity index is 1200. The molecule has 0 spiro atoms. The van der Waals surface area contributed by atoms with Crippen LogP contribution in [0, 0.1) is 0 Å². The van der Waals surface area contributed by atoms with Crippen molar-refractivity contribution in [1.82, 2.24) is 4.90 Å². The number of alkyl halides is 3. The molecule has 0 radical (unpaired) electrons. The molecule has 184 valence electrons. The molecule has 3 rings (SSSR count). The maximum Gasteiger partial charge on any atom is 0.426 e. The maximum atomic E-state index is 13.0. The molecule has 1 fully saturated rings. The fraction of sp³-hybridized carbons (Fsp3) is 0.333. The Kier molecular flexibility index (Phi) is 7.56. The molecule has 2 aromatic carbocycles. The SMILES string of the molecule is CC(O)(C(=O)Nc1ccc(S(=O)(=O)c2ccc(C(=O)N3CCSCC3)cc2)cc1Cl)C(F)(F)F. The van der Waals surface area contributed by atoms with E-state index in [0.29, 0.717) is 18.7 Å². The average Bonchev–Trinajstić information content (AvgIpc) is 2.79. The zero-order valence-electron chi connectivity index (χ0n) is 17.7. The predicted molar refractivity (Wildman–Crippen MR) is 122 cm³/mol. The first-order valence-corrected chi connectivity index (χ1v) is 12.9. The lowest BCUT2D eigenvalue weighted by atomic mass is 10.1. The third kappa shape index (κ3) is 5.35. The molecule has 34 heavy (non-hydrogen) atoms. The zero-order valence-corrected chi connectivity index (χ0v) is 20.1. The van der Waals surface area contributed by atoms with Crippen LogP contribution >= 0.6 is 23.4 Å². The number of sulfone groups is 1. The Hall–Kier alpha value is -2.28. The number of aliphatic hydroxyl groups is 1. The van der Waals surface area contributed by atoms with Crippen molar-refractivity contribution >= 4 is 50.7 Å². The van der Waals surface area contributed by atoms with E-state index in [1.807, 2.05) is 5.32 Å². The van der Waals surface area contributed by atoms with Gasteiger partial charge in [-0.15, -0.1) is 0 Å². The van der Waals surface area contributed by atoms with Crippen LogP contribution in [0.15, 0.2) is 52.3 Å². The van der Waals surface area contributed by atoms with Crippen LogP contribution < -0.4 is 5.32 Å². The van der Waals surface area contributed by atoms with Crippen LogP contribution in [0.25, 0.3) is 0 Å². The highest BCUT2D eigenvalue weighted by Crippen LogP contribution is 2.33. The molecule has 1 saturated heterocycles. The molecule has 2 N–H and O–H groups in total. The highest BCUT2D eigenvalue weighted by atomic mass is 35.5. The molecule has 0 aromatic heterocycles. The number of carbonyl (C=O) groups excluding carboxylic acids is 2. The van der Waals surface area contributed by atoms with Crippen LogP contribution in [0.2, 0.25) is 5.02 Å². The van der Waals surface area contributed by atoms with Gasteiger partial charge in [0.2, 0.25) is 15.4 Å². The van der Waals surface area contributed by atoms with Crippen LogP contribution in [0.4, 0.5) is 18.9 Å². The van der Waals surface area contributed by atoms with Gasteiger partial charge in [-0.25, -0.2) is 8.42 Å². The summed E-state index contributed by atoms with van der Waals surface area (Å²) >= 11 is 7.74. The summed E-state index contributed by atoms with van der Waals surface area (Å²) in [5.74, 6) is -0.293. The lowest BCUT2D eigenvalue weighted by Gasteiger charge is -2.26. The molecule has 0 saturated carbocycles. The van der Waals surface area contributed by atoms with Crippen molar-refractivity contribution in [3.63, 3.8) is 0 Å². The summed E-state index contributed by atoms with van der Waals surface area (Å²) in [5, 5.41) is 10.9. The van der Waals surface area contributed by atoms with Crippen LogP contribution in [-0.4, -0.2) is 66.6 Å². The first-order valence-electron chi connectivity index (χ1n) is 9.87. The lowest BCUT2D eigenvalue weighted by molar-refractivity contribution is -0.242. The van der Waals surface area contributed by atoms with E-state index in [-0.39, 0.29) is 33.3 Å². The first kappa shape index (κ1) is 26.3. The highest BCUT2D eigenvalue weighted by Gasteiger charge is 2.55. The van der Waals surface area contributed by atoms with Crippen LogP contribution in [0.5, 0.6) is 0 Å². The Morgan fingerprint density at radius 2 is 1.62 bits per heavy atom. The second-order valence-electron chi connectivity index (χ2n) is 7.60. The molecule has 1 aliphatic rings. The van der Waals surface area contributed by atoms with Crippen molar-refractivity contribution in [3.8, 4) is 0 Å². The van der Waals surface area contributed by atoms with E-state index in [4.69, 9.17) is 11.6 Å². The normalized spacial score (nSPS) is 16.6. The van der Waals surface area contributed by atoms with Crippen LogP contribution in [0.3, 0.4) is 0 Å². The summed E-state index contributed by atoms with van der Waals surface area (Å²) in [6.45, 7) is 1.51. The predicted octanol–water partition coefficient (Wildman–Crippen LogP) is 3.61. The molecule has 2 aromatic rings. The van der Waals surface area contributed by atoms with Gasteiger partial charge in [-0.2, -0.15) is 24.9 Å². The Morgan fingerprint density at radius 1 is 1.06 bits per heavy atom. The Balaban J connectivity index is 1.79. The van der Waals surface area contributed by atoms with Crippen molar-refractivity contribution in [2.24, 2.45) is 0 Å². The highest BCUT2D eigenvalue weighted by molar-refractivity contribution is 7.99. The number of nitrogens with zero attached hydrogens (tertiary/aromatic N) is 1. The monoisotopic (exact) mass is 536 g/mol. The van der Waals surface area contributed by atoms with Crippen molar-refractivity contribution in [2.45, 2.75) is 28.5 Å². The van der Waals surface area contributed by atoms with E-state index >= 15 is 0 Å². The average molecular weight is 537 g/mol. The van der Waals surface area contributed by atoms with Gasteiger partial charge in [0.05, 0.1) is 20.5 Å². The second-order valence-corrected chi connectivity index (χ2v) is 11.2. The van der Waals surface area contributed by atoms with E-state index in [9.17, 15) is 36.3 Å². The fourth-order valence-corrected chi connectivity index (χ4v) is 5.48. The third-order valence-corrected chi connectivity index (χ3v) is 8.23. The topological polar surface area (TPSA) is 104 Å². The molecular formula is C21H20ClF3N2O5S2. The van der Waals surface area contributed by atoms with Gasteiger partial charge in [-0.05, 0) is 49.4 Å². The fourth-order valence-electron chi connectivity index (χ4n) is 3.00. The smallest absolute Gasteiger partial charge is 0.373 e. The molecule has 7 nitrogen and oxygen atoms in total. The number of anilines is 1. The van der Waals surface area contributed by atoms with Gasteiger partial charge in [0.1, 0.15) is 0 Å². The van der Waals surface area contributed by atoms with Crippen molar-refractivity contribution in [2.75, 3.05) is 29.9 Å². The molecule has 13 heteroatoms. The third-order valence-electron chi connectivity index (χ3n) is 5.20. The van der Waals surface area contributed by atoms with Gasteiger partial charge in [-0.1, -0.05) is 11.6 Å². The molecule has 0 aliphatic carbocycles. The molecule has 0 bridgehead atoms. The number of thioether (sulfide) groups is 1. The quantitative estimate of drug-likeness (QED) is 0.605. The maximum absolute atomic E-state index is 13.0. The van der Waals surface area contributed by atoms with E-state index in [1.54, 1.807) is 16.7 Å². The van der Waals surface area contributed by atoms with Crippen molar-refractivity contribution in [1.29, 1.82) is 0 Å². The van der Waals surface area contributed by atoms with Gasteiger partial charge >= 0.3 is 6.18 Å².